The minimum absolute atomic E-state index is 0.357. The van der Waals surface area contributed by atoms with Gasteiger partial charge < -0.3 is 5.32 Å². The van der Waals surface area contributed by atoms with E-state index >= 15 is 0 Å². The number of hydrogen-bond donors (Lipinski definition) is 1. The average molecular weight is 330 g/mol. The van der Waals surface area contributed by atoms with Gasteiger partial charge in [-0.05, 0) is 54.5 Å². The molecule has 0 heterocycles. The van der Waals surface area contributed by atoms with Crippen LogP contribution in [0.3, 0.4) is 0 Å². The first kappa shape index (κ1) is 13.8. The molecule has 0 aliphatic heterocycles. The van der Waals surface area contributed by atoms with Crippen LogP contribution in [-0.4, -0.2) is 0 Å². The predicted octanol–water partition coefficient (Wildman–Crippen LogP) is 5.18. The zero-order valence-corrected chi connectivity index (χ0v) is 13.4. The number of nitrogens with one attached hydrogen (secondary N) is 1. The minimum Gasteiger partial charge on any atom is -0.306 e. The molecule has 0 aromatic heterocycles. The van der Waals surface area contributed by atoms with Gasteiger partial charge in [-0.25, -0.2) is 0 Å². The summed E-state index contributed by atoms with van der Waals surface area (Å²) in [5.41, 5.74) is 4.18. The van der Waals surface area contributed by atoms with Crippen LogP contribution in [-0.2, 0) is 6.54 Å². The van der Waals surface area contributed by atoms with Gasteiger partial charge in [0.2, 0.25) is 0 Å². The molecule has 0 spiro atoms. The Morgan fingerprint density at radius 1 is 1.15 bits per heavy atom. The highest BCUT2D eigenvalue weighted by molar-refractivity contribution is 9.10. The van der Waals surface area contributed by atoms with Crippen molar-refractivity contribution < 1.29 is 0 Å². The largest absolute Gasteiger partial charge is 0.306 e. The number of benzene rings is 2. The molecule has 0 radical (unpaired) electrons. The highest BCUT2D eigenvalue weighted by Crippen LogP contribution is 2.39. The van der Waals surface area contributed by atoms with Crippen LogP contribution in [0.15, 0.2) is 53.0 Å². The first-order chi connectivity index (χ1) is 9.72. The summed E-state index contributed by atoms with van der Waals surface area (Å²) in [6, 6.07) is 17.9. The first-order valence-corrected chi connectivity index (χ1v) is 8.09. The summed E-state index contributed by atoms with van der Waals surface area (Å²) >= 11 is 3.53. The molecule has 2 aromatic carbocycles. The zero-order valence-electron chi connectivity index (χ0n) is 11.8. The maximum absolute atomic E-state index is 3.59. The zero-order chi connectivity index (χ0) is 13.9. The Bertz CT molecular complexity index is 572. The molecule has 1 unspecified atom stereocenters. The van der Waals surface area contributed by atoms with Gasteiger partial charge in [-0.1, -0.05) is 52.3 Å². The fourth-order valence-electron chi connectivity index (χ4n) is 2.49. The van der Waals surface area contributed by atoms with E-state index in [2.05, 4.69) is 76.7 Å². The van der Waals surface area contributed by atoms with Crippen molar-refractivity contribution in [1.29, 1.82) is 0 Å². The van der Waals surface area contributed by atoms with Gasteiger partial charge in [-0.2, -0.15) is 0 Å². The van der Waals surface area contributed by atoms with Crippen molar-refractivity contribution in [2.24, 2.45) is 0 Å². The third kappa shape index (κ3) is 3.50. The van der Waals surface area contributed by atoms with Gasteiger partial charge >= 0.3 is 0 Å². The summed E-state index contributed by atoms with van der Waals surface area (Å²) in [6.07, 6.45) is 2.75. The molecule has 1 aliphatic carbocycles. The van der Waals surface area contributed by atoms with Crippen LogP contribution in [0, 0.1) is 0 Å². The lowest BCUT2D eigenvalue weighted by Gasteiger charge is -2.15. The molecule has 3 rings (SSSR count). The standard InChI is InChI=1S/C18H20BrN/c1-13(17-3-2-4-18(19)11-17)20-12-14-5-7-15(8-6-14)16-9-10-16/h2-8,11,13,16,20H,9-10,12H2,1H3. The molecule has 20 heavy (non-hydrogen) atoms. The smallest absolute Gasteiger partial charge is 0.0295 e. The van der Waals surface area contributed by atoms with Crippen molar-refractivity contribution in [2.45, 2.75) is 38.3 Å². The summed E-state index contributed by atoms with van der Waals surface area (Å²) in [7, 11) is 0. The van der Waals surface area contributed by atoms with Crippen LogP contribution in [0.2, 0.25) is 0 Å². The van der Waals surface area contributed by atoms with E-state index in [1.807, 2.05) is 0 Å². The van der Waals surface area contributed by atoms with E-state index in [1.54, 1.807) is 0 Å². The van der Waals surface area contributed by atoms with E-state index in [0.717, 1.165) is 16.9 Å². The molecule has 1 N–H and O–H groups in total. The van der Waals surface area contributed by atoms with Crippen molar-refractivity contribution >= 4 is 15.9 Å². The fraction of sp³-hybridized carbons (Fsp3) is 0.333. The van der Waals surface area contributed by atoms with Gasteiger partial charge in [0.05, 0.1) is 0 Å². The highest BCUT2D eigenvalue weighted by atomic mass is 79.9. The lowest BCUT2D eigenvalue weighted by atomic mass is 10.1. The molecule has 1 aliphatic rings. The van der Waals surface area contributed by atoms with Crippen molar-refractivity contribution in [2.75, 3.05) is 0 Å². The molecule has 1 atom stereocenters. The minimum atomic E-state index is 0.357. The first-order valence-electron chi connectivity index (χ1n) is 7.30. The fourth-order valence-corrected chi connectivity index (χ4v) is 2.91. The Kier molecular flexibility index (Phi) is 4.23. The van der Waals surface area contributed by atoms with Crippen molar-refractivity contribution in [3.63, 3.8) is 0 Å². The SMILES string of the molecule is CC(NCc1ccc(C2CC2)cc1)c1cccc(Br)c1. The molecular weight excluding hydrogens is 310 g/mol. The molecule has 1 saturated carbocycles. The van der Waals surface area contributed by atoms with Crippen molar-refractivity contribution in [3.8, 4) is 0 Å². The number of rotatable bonds is 5. The van der Waals surface area contributed by atoms with Gasteiger partial charge in [0.1, 0.15) is 0 Å². The topological polar surface area (TPSA) is 12.0 Å². The Balaban J connectivity index is 1.58. The summed E-state index contributed by atoms with van der Waals surface area (Å²) in [4.78, 5) is 0. The molecule has 2 heteroatoms. The molecule has 0 saturated heterocycles. The van der Waals surface area contributed by atoms with Gasteiger partial charge in [0.25, 0.3) is 0 Å². The molecule has 104 valence electrons. The monoisotopic (exact) mass is 329 g/mol. The Morgan fingerprint density at radius 2 is 1.90 bits per heavy atom. The molecular formula is C18H20BrN. The quantitative estimate of drug-likeness (QED) is 0.797. The lowest BCUT2D eigenvalue weighted by Crippen LogP contribution is -2.18. The molecule has 1 nitrogen and oxygen atoms in total. The van der Waals surface area contributed by atoms with Crippen LogP contribution in [0.1, 0.15) is 48.4 Å². The summed E-state index contributed by atoms with van der Waals surface area (Å²) in [5.74, 6) is 0.845. The maximum Gasteiger partial charge on any atom is 0.0295 e. The number of halogens is 1. The van der Waals surface area contributed by atoms with E-state index in [1.165, 1.54) is 29.5 Å². The molecule has 0 amide bonds. The molecule has 2 aromatic rings. The second-order valence-corrected chi connectivity index (χ2v) is 6.59. The Hall–Kier alpha value is -1.12. The van der Waals surface area contributed by atoms with Crippen molar-refractivity contribution in [1.82, 2.24) is 5.32 Å². The van der Waals surface area contributed by atoms with Crippen LogP contribution < -0.4 is 5.32 Å². The highest BCUT2D eigenvalue weighted by Gasteiger charge is 2.22. The lowest BCUT2D eigenvalue weighted by molar-refractivity contribution is 0.574. The molecule has 1 fully saturated rings. The third-order valence-corrected chi connectivity index (χ3v) is 4.48. The summed E-state index contributed by atoms with van der Waals surface area (Å²) in [5, 5.41) is 3.59. The van der Waals surface area contributed by atoms with Gasteiger partial charge in [-0.15, -0.1) is 0 Å². The van der Waals surface area contributed by atoms with Crippen LogP contribution >= 0.6 is 15.9 Å². The van der Waals surface area contributed by atoms with Crippen LogP contribution in [0.25, 0.3) is 0 Å². The van der Waals surface area contributed by atoms with E-state index in [9.17, 15) is 0 Å². The number of hydrogen-bond acceptors (Lipinski definition) is 1. The summed E-state index contributed by atoms with van der Waals surface area (Å²) < 4.78 is 1.14. The van der Waals surface area contributed by atoms with E-state index in [4.69, 9.17) is 0 Å². The van der Waals surface area contributed by atoms with Gasteiger partial charge in [0, 0.05) is 17.1 Å². The summed E-state index contributed by atoms with van der Waals surface area (Å²) in [6.45, 7) is 3.12. The Morgan fingerprint density at radius 3 is 2.55 bits per heavy atom. The van der Waals surface area contributed by atoms with Gasteiger partial charge in [-0.3, -0.25) is 0 Å². The Labute approximate surface area is 129 Å². The second-order valence-electron chi connectivity index (χ2n) is 5.67. The second kappa shape index (κ2) is 6.11. The average Bonchev–Trinajstić information content (AvgIpc) is 3.30. The van der Waals surface area contributed by atoms with E-state index in [0.29, 0.717) is 6.04 Å². The van der Waals surface area contributed by atoms with Crippen LogP contribution in [0.4, 0.5) is 0 Å². The maximum atomic E-state index is 3.59. The van der Waals surface area contributed by atoms with E-state index < -0.39 is 0 Å². The van der Waals surface area contributed by atoms with E-state index in [-0.39, 0.29) is 0 Å². The third-order valence-electron chi connectivity index (χ3n) is 3.99. The van der Waals surface area contributed by atoms with Gasteiger partial charge in [0.15, 0.2) is 0 Å². The normalized spacial score (nSPS) is 16.1. The van der Waals surface area contributed by atoms with Crippen LogP contribution in [0.5, 0.6) is 0 Å². The predicted molar refractivity (Wildman–Crippen MR) is 87.8 cm³/mol. The molecule has 0 bridgehead atoms. The van der Waals surface area contributed by atoms with Crippen molar-refractivity contribution in [3.05, 3.63) is 69.7 Å².